The molecule has 3 heterocycles. The van der Waals surface area contributed by atoms with Gasteiger partial charge in [0.2, 0.25) is 0 Å². The number of hydrogen-bond donors (Lipinski definition) is 0. The van der Waals surface area contributed by atoms with E-state index < -0.39 is 0 Å². The number of nitrogens with zero attached hydrogens (tertiary/aromatic N) is 2. The summed E-state index contributed by atoms with van der Waals surface area (Å²) in [5, 5.41) is 4.21. The topological polar surface area (TPSA) is 71.3 Å². The zero-order valence-corrected chi connectivity index (χ0v) is 14.5. The number of fused-ring (bicyclic) bond motifs is 1. The quantitative estimate of drug-likeness (QED) is 0.539. The van der Waals surface area contributed by atoms with E-state index in [9.17, 15) is 4.79 Å². The number of aromatic nitrogens is 2. The highest BCUT2D eigenvalue weighted by Gasteiger charge is 2.14. The SMILES string of the molecule is CCOC(=O)c1cnn2cc(COCCOC3CCCCO3)ccc12. The lowest BCUT2D eigenvalue weighted by Crippen LogP contribution is -2.23. The fourth-order valence-electron chi connectivity index (χ4n) is 2.75. The number of hydrogen-bond acceptors (Lipinski definition) is 6. The molecule has 136 valence electrons. The van der Waals surface area contributed by atoms with Gasteiger partial charge in [-0.2, -0.15) is 5.10 Å². The molecular formula is C18H24N2O5. The van der Waals surface area contributed by atoms with Crippen molar-refractivity contribution in [3.8, 4) is 0 Å². The molecule has 1 atom stereocenters. The van der Waals surface area contributed by atoms with Gasteiger partial charge in [0.15, 0.2) is 6.29 Å². The Balaban J connectivity index is 1.46. The Morgan fingerprint density at radius 1 is 1.36 bits per heavy atom. The number of rotatable bonds is 8. The summed E-state index contributed by atoms with van der Waals surface area (Å²) in [6.07, 6.45) is 6.52. The maximum Gasteiger partial charge on any atom is 0.341 e. The van der Waals surface area contributed by atoms with Crippen LogP contribution in [0.2, 0.25) is 0 Å². The summed E-state index contributed by atoms with van der Waals surface area (Å²) < 4.78 is 23.5. The predicted molar refractivity (Wildman–Crippen MR) is 90.3 cm³/mol. The van der Waals surface area contributed by atoms with Crippen LogP contribution in [0.1, 0.15) is 42.1 Å². The van der Waals surface area contributed by atoms with E-state index in [0.717, 1.165) is 36.9 Å². The number of pyridine rings is 1. The molecule has 3 rings (SSSR count). The molecule has 1 unspecified atom stereocenters. The Kier molecular flexibility index (Phi) is 6.38. The molecule has 25 heavy (non-hydrogen) atoms. The van der Waals surface area contributed by atoms with E-state index >= 15 is 0 Å². The van der Waals surface area contributed by atoms with E-state index in [1.165, 1.54) is 6.20 Å². The van der Waals surface area contributed by atoms with Crippen molar-refractivity contribution in [2.75, 3.05) is 26.4 Å². The lowest BCUT2D eigenvalue weighted by atomic mass is 10.2. The van der Waals surface area contributed by atoms with E-state index in [-0.39, 0.29) is 12.3 Å². The molecule has 2 aromatic heterocycles. The van der Waals surface area contributed by atoms with Crippen molar-refractivity contribution in [1.29, 1.82) is 0 Å². The highest BCUT2D eigenvalue weighted by Crippen LogP contribution is 2.15. The van der Waals surface area contributed by atoms with Crippen LogP contribution in [0.3, 0.4) is 0 Å². The Morgan fingerprint density at radius 2 is 2.28 bits per heavy atom. The first kappa shape index (κ1) is 17.8. The second-order valence-electron chi connectivity index (χ2n) is 5.87. The van der Waals surface area contributed by atoms with Crippen molar-refractivity contribution in [2.45, 2.75) is 39.1 Å². The van der Waals surface area contributed by atoms with Crippen LogP contribution in [0.25, 0.3) is 5.52 Å². The van der Waals surface area contributed by atoms with Gasteiger partial charge in [0, 0.05) is 12.8 Å². The van der Waals surface area contributed by atoms with Crippen LogP contribution < -0.4 is 0 Å². The van der Waals surface area contributed by atoms with Crippen LogP contribution in [-0.4, -0.2) is 48.3 Å². The zero-order chi connectivity index (χ0) is 17.5. The molecule has 0 bridgehead atoms. The van der Waals surface area contributed by atoms with Gasteiger partial charge in [-0.15, -0.1) is 0 Å². The third-order valence-electron chi connectivity index (χ3n) is 4.01. The highest BCUT2D eigenvalue weighted by atomic mass is 16.7. The van der Waals surface area contributed by atoms with Gasteiger partial charge in [0.25, 0.3) is 0 Å². The first-order valence-electron chi connectivity index (χ1n) is 8.72. The van der Waals surface area contributed by atoms with E-state index in [1.807, 2.05) is 18.3 Å². The molecule has 0 aromatic carbocycles. The van der Waals surface area contributed by atoms with Gasteiger partial charge in [-0.05, 0) is 37.8 Å². The van der Waals surface area contributed by atoms with Crippen molar-refractivity contribution in [1.82, 2.24) is 9.61 Å². The Hall–Kier alpha value is -1.96. The van der Waals surface area contributed by atoms with Gasteiger partial charge in [-0.3, -0.25) is 0 Å². The lowest BCUT2D eigenvalue weighted by Gasteiger charge is -2.22. The molecule has 0 amide bonds. The molecule has 2 aromatic rings. The Labute approximate surface area is 146 Å². The van der Waals surface area contributed by atoms with Gasteiger partial charge in [0.05, 0.1) is 38.1 Å². The van der Waals surface area contributed by atoms with Gasteiger partial charge >= 0.3 is 5.97 Å². The number of esters is 1. The predicted octanol–water partition coefficient (Wildman–Crippen LogP) is 2.57. The number of carbonyl (C=O) groups is 1. The molecule has 0 aliphatic carbocycles. The molecule has 1 saturated heterocycles. The van der Waals surface area contributed by atoms with Crippen molar-refractivity contribution in [3.05, 3.63) is 35.7 Å². The van der Waals surface area contributed by atoms with E-state index in [2.05, 4.69) is 5.10 Å². The lowest BCUT2D eigenvalue weighted by molar-refractivity contribution is -0.169. The summed E-state index contributed by atoms with van der Waals surface area (Å²) in [6, 6.07) is 3.77. The normalized spacial score (nSPS) is 17.7. The van der Waals surface area contributed by atoms with Crippen LogP contribution in [0, 0.1) is 0 Å². The van der Waals surface area contributed by atoms with E-state index in [4.69, 9.17) is 18.9 Å². The third kappa shape index (κ3) is 4.78. The average Bonchev–Trinajstić information content (AvgIpc) is 3.06. The van der Waals surface area contributed by atoms with Crippen molar-refractivity contribution >= 4 is 11.5 Å². The largest absolute Gasteiger partial charge is 0.462 e. The second-order valence-corrected chi connectivity index (χ2v) is 5.87. The monoisotopic (exact) mass is 348 g/mol. The van der Waals surface area contributed by atoms with Crippen molar-refractivity contribution < 1.29 is 23.7 Å². The van der Waals surface area contributed by atoms with Crippen LogP contribution in [0.4, 0.5) is 0 Å². The molecule has 0 N–H and O–H groups in total. The fourth-order valence-corrected chi connectivity index (χ4v) is 2.75. The minimum atomic E-state index is -0.358. The average molecular weight is 348 g/mol. The van der Waals surface area contributed by atoms with Gasteiger partial charge in [-0.1, -0.05) is 6.07 Å². The minimum Gasteiger partial charge on any atom is -0.462 e. The minimum absolute atomic E-state index is 0.0842. The summed E-state index contributed by atoms with van der Waals surface area (Å²) in [5.74, 6) is -0.358. The molecule has 1 aliphatic heterocycles. The van der Waals surface area contributed by atoms with Crippen LogP contribution in [0.15, 0.2) is 24.5 Å². The smallest absolute Gasteiger partial charge is 0.341 e. The fraction of sp³-hybridized carbons (Fsp3) is 0.556. The third-order valence-corrected chi connectivity index (χ3v) is 4.01. The van der Waals surface area contributed by atoms with Gasteiger partial charge < -0.3 is 18.9 Å². The first-order chi connectivity index (χ1) is 12.3. The van der Waals surface area contributed by atoms with Gasteiger partial charge in [-0.25, -0.2) is 9.31 Å². The summed E-state index contributed by atoms with van der Waals surface area (Å²) in [6.45, 7) is 4.38. The first-order valence-corrected chi connectivity index (χ1v) is 8.72. The molecule has 1 aliphatic rings. The molecule has 7 nitrogen and oxygen atoms in total. The van der Waals surface area contributed by atoms with Crippen LogP contribution in [-0.2, 0) is 25.6 Å². The van der Waals surface area contributed by atoms with Crippen molar-refractivity contribution in [2.24, 2.45) is 0 Å². The molecule has 0 radical (unpaired) electrons. The molecule has 1 fully saturated rings. The van der Waals surface area contributed by atoms with Crippen molar-refractivity contribution in [3.63, 3.8) is 0 Å². The van der Waals surface area contributed by atoms with Crippen LogP contribution in [0.5, 0.6) is 0 Å². The van der Waals surface area contributed by atoms with Crippen LogP contribution >= 0.6 is 0 Å². The molecule has 0 spiro atoms. The van der Waals surface area contributed by atoms with E-state index in [1.54, 1.807) is 11.4 Å². The molecule has 7 heteroatoms. The second kappa shape index (κ2) is 8.94. The van der Waals surface area contributed by atoms with E-state index in [0.29, 0.717) is 32.0 Å². The summed E-state index contributed by atoms with van der Waals surface area (Å²) in [5.41, 5.74) is 2.16. The number of ether oxygens (including phenoxy) is 4. The number of carbonyl (C=O) groups excluding carboxylic acids is 1. The maximum absolute atomic E-state index is 11.9. The summed E-state index contributed by atoms with van der Waals surface area (Å²) in [7, 11) is 0. The summed E-state index contributed by atoms with van der Waals surface area (Å²) >= 11 is 0. The molecular weight excluding hydrogens is 324 g/mol. The molecule has 0 saturated carbocycles. The highest BCUT2D eigenvalue weighted by molar-refractivity contribution is 5.96. The maximum atomic E-state index is 11.9. The summed E-state index contributed by atoms with van der Waals surface area (Å²) in [4.78, 5) is 11.9. The zero-order valence-electron chi connectivity index (χ0n) is 14.5. The Bertz CT molecular complexity index is 694. The standard InChI is InChI=1S/C18H24N2O5/c1-2-23-18(21)15-11-19-20-12-14(6-7-16(15)20)13-22-9-10-25-17-5-3-4-8-24-17/h6-7,11-12,17H,2-5,8-10,13H2,1H3. The Morgan fingerprint density at radius 3 is 3.08 bits per heavy atom. The van der Waals surface area contributed by atoms with Gasteiger partial charge in [0.1, 0.15) is 5.56 Å².